The minimum Gasteiger partial charge on any atom is -0.372 e. The molecule has 0 saturated carbocycles. The molecule has 0 saturated heterocycles. The lowest BCUT2D eigenvalue weighted by atomic mass is 9.76. The highest BCUT2D eigenvalue weighted by atomic mass is 32.2. The fraction of sp³-hybridized carbons (Fsp3) is 0.321. The van der Waals surface area contributed by atoms with Crippen LogP contribution in [0.4, 0.5) is 17.2 Å². The number of aromatic amines is 1. The van der Waals surface area contributed by atoms with Crippen LogP contribution in [0.2, 0.25) is 0 Å². The number of H-pyrrole nitrogens is 1. The number of nitrogens with zero attached hydrogens (tertiary/aromatic N) is 3. The maximum absolute atomic E-state index is 13.5. The van der Waals surface area contributed by atoms with E-state index in [2.05, 4.69) is 29.0 Å². The fourth-order valence-electron chi connectivity index (χ4n) is 5.17. The number of ketones is 1. The van der Waals surface area contributed by atoms with Crippen molar-refractivity contribution >= 4 is 34.7 Å². The second-order valence-electron chi connectivity index (χ2n) is 9.34. The van der Waals surface area contributed by atoms with Gasteiger partial charge in [-0.2, -0.15) is 0 Å². The number of fused-ring (bicyclic) bond motifs is 1. The van der Waals surface area contributed by atoms with Crippen molar-refractivity contribution in [3.05, 3.63) is 97.0 Å². The molecule has 0 amide bonds. The van der Waals surface area contributed by atoms with E-state index in [9.17, 15) is 19.7 Å². The number of anilines is 2. The molecule has 2 aromatic carbocycles. The van der Waals surface area contributed by atoms with E-state index in [1.54, 1.807) is 12.1 Å². The van der Waals surface area contributed by atoms with Gasteiger partial charge in [-0.05, 0) is 49.9 Å². The molecule has 2 heterocycles. The molecule has 0 bridgehead atoms. The molecule has 5 rings (SSSR count). The highest BCUT2D eigenvalue weighted by Gasteiger charge is 2.37. The number of carbonyl (C=O) groups excluding carboxylic acids is 1. The van der Waals surface area contributed by atoms with Crippen molar-refractivity contribution in [1.82, 2.24) is 9.97 Å². The molecular formula is C28H29N5O4S. The van der Waals surface area contributed by atoms with Crippen LogP contribution < -0.4 is 15.8 Å². The van der Waals surface area contributed by atoms with E-state index in [1.165, 1.54) is 23.9 Å². The van der Waals surface area contributed by atoms with Crippen molar-refractivity contribution in [2.24, 2.45) is 0 Å². The van der Waals surface area contributed by atoms with Crippen molar-refractivity contribution < 1.29 is 9.72 Å². The second-order valence-corrected chi connectivity index (χ2v) is 10.3. The number of benzene rings is 2. The van der Waals surface area contributed by atoms with Gasteiger partial charge in [0.1, 0.15) is 5.82 Å². The number of hydrogen-bond acceptors (Lipinski definition) is 8. The van der Waals surface area contributed by atoms with Gasteiger partial charge in [0.05, 0.1) is 10.5 Å². The number of carbonyl (C=O) groups is 1. The fourth-order valence-corrected chi connectivity index (χ4v) is 5.99. The highest BCUT2D eigenvalue weighted by Crippen LogP contribution is 2.43. The Morgan fingerprint density at radius 1 is 1.05 bits per heavy atom. The van der Waals surface area contributed by atoms with Gasteiger partial charge in [-0.15, -0.1) is 0 Å². The number of aromatic nitrogens is 2. The summed E-state index contributed by atoms with van der Waals surface area (Å²) in [5, 5.41) is 14.7. The van der Waals surface area contributed by atoms with Crippen LogP contribution in [0.25, 0.3) is 0 Å². The lowest BCUT2D eigenvalue weighted by Gasteiger charge is -2.33. The average Bonchev–Trinajstić information content (AvgIpc) is 2.92. The van der Waals surface area contributed by atoms with Crippen LogP contribution in [0.3, 0.4) is 0 Å². The van der Waals surface area contributed by atoms with Gasteiger partial charge in [-0.1, -0.05) is 36.0 Å². The first-order valence-corrected chi connectivity index (χ1v) is 13.8. The molecule has 38 heavy (non-hydrogen) atoms. The van der Waals surface area contributed by atoms with E-state index in [4.69, 9.17) is 4.98 Å². The van der Waals surface area contributed by atoms with Gasteiger partial charge in [0.25, 0.3) is 11.2 Å². The van der Waals surface area contributed by atoms with Gasteiger partial charge in [-0.3, -0.25) is 19.7 Å². The van der Waals surface area contributed by atoms with Crippen molar-refractivity contribution in [3.8, 4) is 0 Å². The summed E-state index contributed by atoms with van der Waals surface area (Å²) in [5.41, 5.74) is 4.58. The molecule has 10 heteroatoms. The molecule has 1 aliphatic carbocycles. The van der Waals surface area contributed by atoms with Gasteiger partial charge in [0.15, 0.2) is 10.9 Å². The van der Waals surface area contributed by atoms with Gasteiger partial charge >= 0.3 is 0 Å². The highest BCUT2D eigenvalue weighted by molar-refractivity contribution is 7.98. The smallest absolute Gasteiger partial charge is 0.269 e. The van der Waals surface area contributed by atoms with Crippen LogP contribution in [0, 0.1) is 10.1 Å². The number of non-ortho nitro benzene ring substituents is 1. The van der Waals surface area contributed by atoms with E-state index in [-0.39, 0.29) is 17.0 Å². The molecule has 0 fully saturated rings. The van der Waals surface area contributed by atoms with E-state index < -0.39 is 10.8 Å². The molecule has 1 atom stereocenters. The van der Waals surface area contributed by atoms with E-state index in [0.717, 1.165) is 48.4 Å². The minimum atomic E-state index is -0.482. The van der Waals surface area contributed by atoms with Gasteiger partial charge in [-0.25, -0.2) is 4.98 Å². The molecule has 2 aliphatic rings. The zero-order valence-corrected chi connectivity index (χ0v) is 22.1. The number of nitro benzene ring substituents is 1. The quantitative estimate of drug-likeness (QED) is 0.172. The van der Waals surface area contributed by atoms with Gasteiger partial charge < -0.3 is 15.2 Å². The maximum Gasteiger partial charge on any atom is 0.269 e. The Bertz CT molecular complexity index is 1460. The topological polar surface area (TPSA) is 121 Å². The molecule has 0 spiro atoms. The Morgan fingerprint density at radius 3 is 2.42 bits per heavy atom. The van der Waals surface area contributed by atoms with Crippen LogP contribution in [-0.2, 0) is 10.5 Å². The summed E-state index contributed by atoms with van der Waals surface area (Å²) in [4.78, 5) is 46.9. The SMILES string of the molecule is CCN(CC)c1ccc([C@@H]2C3=C(CCCC3=O)Nc3nc(SCc4ccc([N+](=O)[O-])cc4)[nH]c(=O)c32)cc1. The third-order valence-corrected chi connectivity index (χ3v) is 8.06. The summed E-state index contributed by atoms with van der Waals surface area (Å²) < 4.78 is 0. The first-order valence-electron chi connectivity index (χ1n) is 12.8. The minimum absolute atomic E-state index is 0.0329. The molecule has 1 aromatic heterocycles. The van der Waals surface area contributed by atoms with Crippen LogP contribution in [0.1, 0.15) is 55.7 Å². The zero-order chi connectivity index (χ0) is 26.8. The van der Waals surface area contributed by atoms with Crippen LogP contribution in [-0.4, -0.2) is 33.8 Å². The number of Topliss-reactive ketones (excluding diaryl/α,β-unsaturated/α-hetero) is 1. The lowest BCUT2D eigenvalue weighted by molar-refractivity contribution is -0.384. The summed E-state index contributed by atoms with van der Waals surface area (Å²) in [6.45, 7) is 6.01. The van der Waals surface area contributed by atoms with E-state index >= 15 is 0 Å². The van der Waals surface area contributed by atoms with E-state index in [1.807, 2.05) is 24.3 Å². The standard InChI is InChI=1S/C28H29N5O4S/c1-3-32(4-2)19-14-10-18(11-15-19)23-24-21(6-5-7-22(24)34)29-26-25(23)27(35)31-28(30-26)38-16-17-8-12-20(13-9-17)33(36)37/h8-15,23H,3-7,16H2,1-2H3,(H2,29,30,31,35)/t23-/m1/s1. The molecule has 3 aromatic rings. The lowest BCUT2D eigenvalue weighted by Crippen LogP contribution is -2.32. The first kappa shape index (κ1) is 25.7. The number of hydrogen-bond donors (Lipinski definition) is 2. The molecule has 2 N–H and O–H groups in total. The Labute approximate surface area is 224 Å². The Hall–Kier alpha value is -3.92. The van der Waals surface area contributed by atoms with Crippen molar-refractivity contribution in [3.63, 3.8) is 0 Å². The summed E-state index contributed by atoms with van der Waals surface area (Å²) in [6, 6.07) is 14.4. The molecule has 0 radical (unpaired) electrons. The molecule has 0 unspecified atom stereocenters. The number of nitrogens with one attached hydrogen (secondary N) is 2. The predicted octanol–water partition coefficient (Wildman–Crippen LogP) is 5.38. The normalized spacial score (nSPS) is 16.5. The third kappa shape index (κ3) is 4.96. The molecule has 1 aliphatic heterocycles. The number of nitro groups is 1. The van der Waals surface area contributed by atoms with Crippen LogP contribution >= 0.6 is 11.8 Å². The second kappa shape index (κ2) is 10.8. The monoisotopic (exact) mass is 531 g/mol. The molecule has 9 nitrogen and oxygen atoms in total. The van der Waals surface area contributed by atoms with Gasteiger partial charge in [0.2, 0.25) is 0 Å². The summed E-state index contributed by atoms with van der Waals surface area (Å²) in [5.74, 6) is 0.553. The van der Waals surface area contributed by atoms with E-state index in [0.29, 0.717) is 34.3 Å². The average molecular weight is 532 g/mol. The van der Waals surface area contributed by atoms with Crippen molar-refractivity contribution in [2.45, 2.75) is 49.9 Å². The number of rotatable bonds is 8. The molecular weight excluding hydrogens is 502 g/mol. The number of thioether (sulfide) groups is 1. The van der Waals surface area contributed by atoms with Crippen LogP contribution in [0.5, 0.6) is 0 Å². The van der Waals surface area contributed by atoms with Crippen molar-refractivity contribution in [1.29, 1.82) is 0 Å². The Balaban J connectivity index is 1.49. The largest absolute Gasteiger partial charge is 0.372 e. The number of allylic oxidation sites excluding steroid dienone is 2. The zero-order valence-electron chi connectivity index (χ0n) is 21.3. The first-order chi connectivity index (χ1) is 18.4. The summed E-state index contributed by atoms with van der Waals surface area (Å²) >= 11 is 1.35. The molecule has 196 valence electrons. The maximum atomic E-state index is 13.5. The summed E-state index contributed by atoms with van der Waals surface area (Å²) in [7, 11) is 0. The Kier molecular flexibility index (Phi) is 7.33. The van der Waals surface area contributed by atoms with Crippen LogP contribution in [0.15, 0.2) is 69.8 Å². The third-order valence-electron chi connectivity index (χ3n) is 7.11. The Morgan fingerprint density at radius 2 is 1.76 bits per heavy atom. The van der Waals surface area contributed by atoms with Crippen molar-refractivity contribution in [2.75, 3.05) is 23.3 Å². The van der Waals surface area contributed by atoms with Gasteiger partial charge in [0, 0.05) is 60.3 Å². The summed E-state index contributed by atoms with van der Waals surface area (Å²) in [6.07, 6.45) is 1.96. The predicted molar refractivity (Wildman–Crippen MR) is 149 cm³/mol.